The van der Waals surface area contributed by atoms with Gasteiger partial charge in [-0.1, -0.05) is 13.8 Å². The Morgan fingerprint density at radius 1 is 1.39 bits per heavy atom. The number of sulfone groups is 1. The predicted octanol–water partition coefficient (Wildman–Crippen LogP) is 0.477. The van der Waals surface area contributed by atoms with Crippen molar-refractivity contribution in [1.82, 2.24) is 5.32 Å². The lowest BCUT2D eigenvalue weighted by atomic mass is 9.81. The van der Waals surface area contributed by atoms with Gasteiger partial charge in [-0.25, -0.2) is 8.42 Å². The molecule has 1 rings (SSSR count). The zero-order valence-electron chi connectivity index (χ0n) is 10.9. The molecule has 1 amide bonds. The molecule has 0 saturated carbocycles. The van der Waals surface area contributed by atoms with Crippen LogP contribution in [0.1, 0.15) is 33.1 Å². The van der Waals surface area contributed by atoms with E-state index in [1.807, 2.05) is 13.8 Å². The van der Waals surface area contributed by atoms with E-state index in [-0.39, 0.29) is 35.9 Å². The van der Waals surface area contributed by atoms with Crippen LogP contribution in [0.5, 0.6) is 0 Å². The third kappa shape index (κ3) is 3.83. The van der Waals surface area contributed by atoms with Gasteiger partial charge in [-0.15, -0.1) is 12.4 Å². The molecule has 0 aromatic heterocycles. The van der Waals surface area contributed by atoms with Crippen LogP contribution in [0.3, 0.4) is 0 Å². The summed E-state index contributed by atoms with van der Waals surface area (Å²) in [7, 11) is -2.95. The van der Waals surface area contributed by atoms with Gasteiger partial charge in [-0.05, 0) is 19.3 Å². The molecule has 0 aromatic carbocycles. The summed E-state index contributed by atoms with van der Waals surface area (Å²) in [5, 5.41) is 2.83. The topological polar surface area (TPSA) is 89.3 Å². The van der Waals surface area contributed by atoms with E-state index in [1.54, 1.807) is 0 Å². The number of carbonyl (C=O) groups is 1. The van der Waals surface area contributed by atoms with Crippen LogP contribution in [0.25, 0.3) is 0 Å². The zero-order valence-corrected chi connectivity index (χ0v) is 12.6. The van der Waals surface area contributed by atoms with Crippen molar-refractivity contribution >= 4 is 28.2 Å². The lowest BCUT2D eigenvalue weighted by Gasteiger charge is -2.29. The van der Waals surface area contributed by atoms with E-state index in [0.29, 0.717) is 25.8 Å². The molecule has 18 heavy (non-hydrogen) atoms. The first kappa shape index (κ1) is 17.7. The van der Waals surface area contributed by atoms with E-state index >= 15 is 0 Å². The molecule has 1 saturated heterocycles. The number of halogens is 1. The maximum atomic E-state index is 12.1. The number of hydrogen-bond acceptors (Lipinski definition) is 4. The molecule has 0 aliphatic carbocycles. The summed E-state index contributed by atoms with van der Waals surface area (Å²) >= 11 is 0. The molecule has 7 heteroatoms. The minimum absolute atomic E-state index is 0. The van der Waals surface area contributed by atoms with Crippen LogP contribution in [0.4, 0.5) is 0 Å². The fourth-order valence-corrected chi connectivity index (χ4v) is 3.87. The van der Waals surface area contributed by atoms with Crippen LogP contribution in [-0.2, 0) is 14.6 Å². The number of nitrogens with one attached hydrogen (secondary N) is 1. The second-order valence-corrected chi connectivity index (χ2v) is 6.99. The van der Waals surface area contributed by atoms with E-state index in [2.05, 4.69) is 5.32 Å². The molecule has 1 unspecified atom stereocenters. The molecule has 1 atom stereocenters. The average molecular weight is 299 g/mol. The van der Waals surface area contributed by atoms with Crippen LogP contribution in [0.15, 0.2) is 0 Å². The second kappa shape index (κ2) is 6.73. The summed E-state index contributed by atoms with van der Waals surface area (Å²) in [4.78, 5) is 12.1. The molecule has 5 nitrogen and oxygen atoms in total. The molecule has 0 radical (unpaired) electrons. The molecule has 1 aliphatic heterocycles. The molecule has 0 bridgehead atoms. The SMILES string of the molecule is CCC(CC)(CN)C(=O)NC1CCS(=O)(=O)C1.Cl. The third-order valence-electron chi connectivity index (χ3n) is 3.79. The highest BCUT2D eigenvalue weighted by molar-refractivity contribution is 7.91. The maximum Gasteiger partial charge on any atom is 0.227 e. The van der Waals surface area contributed by atoms with Crippen molar-refractivity contribution in [3.63, 3.8) is 0 Å². The van der Waals surface area contributed by atoms with Crippen LogP contribution >= 0.6 is 12.4 Å². The normalized spacial score (nSPS) is 22.3. The first-order valence-corrected chi connectivity index (χ1v) is 7.92. The van der Waals surface area contributed by atoms with E-state index < -0.39 is 15.3 Å². The van der Waals surface area contributed by atoms with E-state index in [4.69, 9.17) is 5.73 Å². The standard InChI is InChI=1S/C11H22N2O3S.ClH/c1-3-11(4-2,8-12)10(14)13-9-5-6-17(15,16)7-9;/h9H,3-8,12H2,1-2H3,(H,13,14);1H. The highest BCUT2D eigenvalue weighted by atomic mass is 35.5. The molecule has 108 valence electrons. The molecule has 0 aromatic rings. The Morgan fingerprint density at radius 3 is 2.28 bits per heavy atom. The molecule has 3 N–H and O–H groups in total. The van der Waals surface area contributed by atoms with Crippen LogP contribution < -0.4 is 11.1 Å². The average Bonchev–Trinajstić information content (AvgIpc) is 2.61. The minimum atomic E-state index is -2.95. The lowest BCUT2D eigenvalue weighted by molar-refractivity contribution is -0.131. The highest BCUT2D eigenvalue weighted by Gasteiger charge is 2.37. The summed E-state index contributed by atoms with van der Waals surface area (Å²) in [5.41, 5.74) is 5.13. The van der Waals surface area contributed by atoms with Gasteiger partial charge in [0.25, 0.3) is 0 Å². The van der Waals surface area contributed by atoms with E-state index in [9.17, 15) is 13.2 Å². The van der Waals surface area contributed by atoms with Crippen LogP contribution in [0.2, 0.25) is 0 Å². The van der Waals surface area contributed by atoms with Gasteiger partial charge in [0, 0.05) is 12.6 Å². The summed E-state index contributed by atoms with van der Waals surface area (Å²) in [6.45, 7) is 4.16. The Kier molecular flexibility index (Phi) is 6.60. The van der Waals surface area contributed by atoms with Crippen LogP contribution in [-0.4, -0.2) is 38.4 Å². The first-order chi connectivity index (χ1) is 7.89. The van der Waals surface area contributed by atoms with Crippen molar-refractivity contribution in [2.45, 2.75) is 39.2 Å². The Morgan fingerprint density at radius 2 is 1.94 bits per heavy atom. The lowest BCUT2D eigenvalue weighted by Crippen LogP contribution is -2.49. The summed E-state index contributed by atoms with van der Waals surface area (Å²) in [6, 6.07) is -0.239. The number of nitrogens with two attached hydrogens (primary N) is 1. The van der Waals surface area contributed by atoms with Crippen molar-refractivity contribution < 1.29 is 13.2 Å². The summed E-state index contributed by atoms with van der Waals surface area (Å²) < 4.78 is 22.6. The fourth-order valence-electron chi connectivity index (χ4n) is 2.20. The van der Waals surface area contributed by atoms with Crippen LogP contribution in [0, 0.1) is 5.41 Å². The van der Waals surface area contributed by atoms with Gasteiger partial charge in [0.1, 0.15) is 0 Å². The molecular weight excluding hydrogens is 276 g/mol. The van der Waals surface area contributed by atoms with Gasteiger partial charge in [-0.3, -0.25) is 4.79 Å². The van der Waals surface area contributed by atoms with Crippen molar-refractivity contribution in [1.29, 1.82) is 0 Å². The first-order valence-electron chi connectivity index (χ1n) is 6.10. The van der Waals surface area contributed by atoms with Gasteiger partial charge in [0.2, 0.25) is 5.91 Å². The fraction of sp³-hybridized carbons (Fsp3) is 0.909. The number of rotatable bonds is 5. The smallest absolute Gasteiger partial charge is 0.227 e. The molecule has 0 spiro atoms. The summed E-state index contributed by atoms with van der Waals surface area (Å²) in [6.07, 6.45) is 1.86. The van der Waals surface area contributed by atoms with Gasteiger partial charge >= 0.3 is 0 Å². The molecule has 1 fully saturated rings. The largest absolute Gasteiger partial charge is 0.352 e. The van der Waals surface area contributed by atoms with Gasteiger partial charge < -0.3 is 11.1 Å². The van der Waals surface area contributed by atoms with Crippen molar-refractivity contribution in [2.75, 3.05) is 18.1 Å². The van der Waals surface area contributed by atoms with Gasteiger partial charge in [0.15, 0.2) is 9.84 Å². The maximum absolute atomic E-state index is 12.1. The Hall–Kier alpha value is -0.330. The number of hydrogen-bond donors (Lipinski definition) is 2. The molecular formula is C11H23ClN2O3S. The Labute approximate surface area is 115 Å². The van der Waals surface area contributed by atoms with Crippen molar-refractivity contribution in [3.05, 3.63) is 0 Å². The Balaban J connectivity index is 0.00000289. The van der Waals surface area contributed by atoms with E-state index in [1.165, 1.54) is 0 Å². The minimum Gasteiger partial charge on any atom is -0.352 e. The summed E-state index contributed by atoms with van der Waals surface area (Å²) in [5.74, 6) is 0.130. The van der Waals surface area contributed by atoms with E-state index in [0.717, 1.165) is 0 Å². The molecule has 1 heterocycles. The second-order valence-electron chi connectivity index (χ2n) is 4.76. The number of amides is 1. The monoisotopic (exact) mass is 298 g/mol. The predicted molar refractivity (Wildman–Crippen MR) is 74.5 cm³/mol. The third-order valence-corrected chi connectivity index (χ3v) is 5.56. The Bertz CT molecular complexity index is 371. The quantitative estimate of drug-likeness (QED) is 0.772. The number of carbonyl (C=O) groups excluding carboxylic acids is 1. The van der Waals surface area contributed by atoms with Crippen molar-refractivity contribution in [3.8, 4) is 0 Å². The van der Waals surface area contributed by atoms with Crippen molar-refractivity contribution in [2.24, 2.45) is 11.1 Å². The van der Waals surface area contributed by atoms with Gasteiger partial charge in [-0.2, -0.15) is 0 Å². The zero-order chi connectivity index (χ0) is 13.1. The molecule has 1 aliphatic rings. The highest BCUT2D eigenvalue weighted by Crippen LogP contribution is 2.26. The van der Waals surface area contributed by atoms with Gasteiger partial charge in [0.05, 0.1) is 16.9 Å².